The largest absolute Gasteiger partial charge is 0.381 e. The van der Waals surface area contributed by atoms with Gasteiger partial charge in [-0.1, -0.05) is 12.1 Å². The Labute approximate surface area is 151 Å². The fraction of sp³-hybridized carbons (Fsp3) is 0.300. The molecule has 1 aliphatic heterocycles. The lowest BCUT2D eigenvalue weighted by Crippen LogP contribution is -2.37. The van der Waals surface area contributed by atoms with Gasteiger partial charge in [0.2, 0.25) is 0 Å². The molecule has 4 aromatic rings. The quantitative estimate of drug-likeness (QED) is 0.616. The van der Waals surface area contributed by atoms with E-state index in [1.165, 1.54) is 5.39 Å². The summed E-state index contributed by atoms with van der Waals surface area (Å²) in [7, 11) is 2.13. The van der Waals surface area contributed by atoms with Gasteiger partial charge in [0.25, 0.3) is 0 Å². The summed E-state index contributed by atoms with van der Waals surface area (Å²) < 4.78 is 7.47. The monoisotopic (exact) mass is 347 g/mol. The number of hydrogen-bond donors (Lipinski definition) is 1. The highest BCUT2D eigenvalue weighted by molar-refractivity contribution is 5.87. The van der Waals surface area contributed by atoms with Crippen molar-refractivity contribution in [1.82, 2.24) is 19.6 Å². The van der Waals surface area contributed by atoms with Crippen molar-refractivity contribution in [3.05, 3.63) is 48.8 Å². The van der Waals surface area contributed by atoms with Crippen LogP contribution in [0.25, 0.3) is 27.8 Å². The van der Waals surface area contributed by atoms with Gasteiger partial charge in [-0.05, 0) is 42.5 Å². The van der Waals surface area contributed by atoms with Crippen molar-refractivity contribution in [2.24, 2.45) is 0 Å². The summed E-state index contributed by atoms with van der Waals surface area (Å²) in [4.78, 5) is 10.5. The molecule has 1 aliphatic rings. The topological polar surface area (TPSA) is 58.5 Å². The number of ether oxygens (including phenoxy) is 1. The van der Waals surface area contributed by atoms with Gasteiger partial charge in [-0.3, -0.25) is 0 Å². The van der Waals surface area contributed by atoms with Crippen LogP contribution >= 0.6 is 0 Å². The van der Waals surface area contributed by atoms with Crippen molar-refractivity contribution in [2.75, 3.05) is 25.2 Å². The fourth-order valence-corrected chi connectivity index (χ4v) is 3.81. The van der Waals surface area contributed by atoms with Gasteiger partial charge in [-0.25, -0.2) is 9.50 Å². The Morgan fingerprint density at radius 3 is 2.96 bits per heavy atom. The van der Waals surface area contributed by atoms with Crippen molar-refractivity contribution in [3.63, 3.8) is 0 Å². The third-order valence-corrected chi connectivity index (χ3v) is 5.28. The van der Waals surface area contributed by atoms with Crippen LogP contribution in [-0.2, 0) is 4.74 Å². The minimum atomic E-state index is 0.432. The molecule has 1 aromatic carbocycles. The molecule has 1 fully saturated rings. The van der Waals surface area contributed by atoms with Crippen LogP contribution in [0.5, 0.6) is 0 Å². The number of H-pyrrole nitrogens is 1. The predicted octanol–water partition coefficient (Wildman–Crippen LogP) is 3.49. The number of nitrogens with zero attached hydrogens (tertiary/aromatic N) is 4. The molecular weight excluding hydrogens is 326 g/mol. The first-order valence-electron chi connectivity index (χ1n) is 9.03. The zero-order valence-electron chi connectivity index (χ0n) is 14.7. The van der Waals surface area contributed by atoms with E-state index in [4.69, 9.17) is 9.72 Å². The Morgan fingerprint density at radius 1 is 1.19 bits per heavy atom. The summed E-state index contributed by atoms with van der Waals surface area (Å²) in [5, 5.41) is 5.77. The van der Waals surface area contributed by atoms with E-state index in [-0.39, 0.29) is 0 Å². The van der Waals surface area contributed by atoms with E-state index in [9.17, 15) is 0 Å². The average Bonchev–Trinajstić information content (AvgIpc) is 3.31. The third-order valence-electron chi connectivity index (χ3n) is 5.28. The number of hydrogen-bond acceptors (Lipinski definition) is 4. The summed E-state index contributed by atoms with van der Waals surface area (Å²) in [5.74, 6) is 0.974. The number of rotatable bonds is 3. The zero-order valence-corrected chi connectivity index (χ0v) is 14.7. The number of aromatic amines is 1. The lowest BCUT2D eigenvalue weighted by molar-refractivity contribution is 0.0854. The summed E-state index contributed by atoms with van der Waals surface area (Å²) in [6.45, 7) is 1.62. The molecule has 1 N–H and O–H groups in total. The first-order chi connectivity index (χ1) is 12.8. The van der Waals surface area contributed by atoms with Gasteiger partial charge >= 0.3 is 0 Å². The maximum absolute atomic E-state index is 5.53. The molecule has 0 amide bonds. The van der Waals surface area contributed by atoms with Crippen molar-refractivity contribution in [1.29, 1.82) is 0 Å². The number of fused-ring (bicyclic) bond motifs is 2. The molecule has 0 bridgehead atoms. The van der Waals surface area contributed by atoms with E-state index in [2.05, 4.69) is 46.3 Å². The Hall–Kier alpha value is -2.86. The van der Waals surface area contributed by atoms with E-state index in [1.54, 1.807) is 0 Å². The molecule has 4 heterocycles. The van der Waals surface area contributed by atoms with Crippen LogP contribution in [-0.4, -0.2) is 45.9 Å². The Kier molecular flexibility index (Phi) is 3.64. The average molecular weight is 347 g/mol. The van der Waals surface area contributed by atoms with Gasteiger partial charge < -0.3 is 14.6 Å². The molecule has 6 nitrogen and oxygen atoms in total. The Bertz CT molecular complexity index is 1060. The van der Waals surface area contributed by atoms with E-state index in [0.717, 1.165) is 54.3 Å². The van der Waals surface area contributed by atoms with Gasteiger partial charge in [-0.2, -0.15) is 5.10 Å². The molecule has 0 aliphatic carbocycles. The normalized spacial score (nSPS) is 15.7. The summed E-state index contributed by atoms with van der Waals surface area (Å²) in [6, 6.07) is 12.9. The predicted molar refractivity (Wildman–Crippen MR) is 103 cm³/mol. The van der Waals surface area contributed by atoms with Crippen molar-refractivity contribution in [3.8, 4) is 11.3 Å². The minimum Gasteiger partial charge on any atom is -0.381 e. The summed E-state index contributed by atoms with van der Waals surface area (Å²) in [5.41, 5.74) is 4.13. The number of imidazole rings is 1. The standard InChI is InChI=1S/C20H21N5O/c1-24(16-7-11-26-12-8-16)20-19(25-18(23-20)3-2-9-22-25)15-5-4-14-6-10-21-17(14)13-15/h2-6,9-10,13,16,21H,7-8,11-12H2,1H3. The van der Waals surface area contributed by atoms with Crippen molar-refractivity contribution in [2.45, 2.75) is 18.9 Å². The summed E-state index contributed by atoms with van der Waals surface area (Å²) in [6.07, 6.45) is 5.82. The lowest BCUT2D eigenvalue weighted by Gasteiger charge is -2.32. The second-order valence-electron chi connectivity index (χ2n) is 6.81. The second kappa shape index (κ2) is 6.14. The van der Waals surface area contributed by atoms with E-state index < -0.39 is 0 Å². The third kappa shape index (κ3) is 2.45. The van der Waals surface area contributed by atoms with Crippen LogP contribution in [0, 0.1) is 0 Å². The highest BCUT2D eigenvalue weighted by Crippen LogP contribution is 2.34. The molecule has 26 heavy (non-hydrogen) atoms. The SMILES string of the molecule is CN(c1nc2cccnn2c1-c1ccc2cc[nH]c2c1)C1CCOCC1. The molecule has 5 rings (SSSR count). The van der Waals surface area contributed by atoms with Crippen molar-refractivity contribution >= 4 is 22.4 Å². The zero-order chi connectivity index (χ0) is 17.5. The first kappa shape index (κ1) is 15.4. The number of benzene rings is 1. The molecule has 132 valence electrons. The van der Waals surface area contributed by atoms with Crippen LogP contribution in [0.4, 0.5) is 5.82 Å². The van der Waals surface area contributed by atoms with Gasteiger partial charge in [-0.15, -0.1) is 0 Å². The molecule has 6 heteroatoms. The van der Waals surface area contributed by atoms with Crippen LogP contribution in [0.3, 0.4) is 0 Å². The van der Waals surface area contributed by atoms with Crippen LogP contribution in [0.15, 0.2) is 48.8 Å². The molecule has 0 atom stereocenters. The molecule has 1 saturated heterocycles. The van der Waals surface area contributed by atoms with E-state index >= 15 is 0 Å². The van der Waals surface area contributed by atoms with Crippen LogP contribution < -0.4 is 4.90 Å². The fourth-order valence-electron chi connectivity index (χ4n) is 3.81. The maximum atomic E-state index is 5.53. The molecule has 0 saturated carbocycles. The second-order valence-corrected chi connectivity index (χ2v) is 6.81. The van der Waals surface area contributed by atoms with Gasteiger partial charge in [0.15, 0.2) is 11.5 Å². The molecular formula is C20H21N5O. The molecule has 0 radical (unpaired) electrons. The minimum absolute atomic E-state index is 0.432. The maximum Gasteiger partial charge on any atom is 0.157 e. The number of aromatic nitrogens is 4. The van der Waals surface area contributed by atoms with Gasteiger partial charge in [0, 0.05) is 49.8 Å². The number of anilines is 1. The lowest BCUT2D eigenvalue weighted by atomic mass is 10.1. The van der Waals surface area contributed by atoms with E-state index in [1.807, 2.05) is 29.0 Å². The Morgan fingerprint density at radius 2 is 2.08 bits per heavy atom. The van der Waals surface area contributed by atoms with Gasteiger partial charge in [0.05, 0.1) is 0 Å². The molecule has 0 spiro atoms. The Balaban J connectivity index is 1.69. The van der Waals surface area contributed by atoms with E-state index in [0.29, 0.717) is 6.04 Å². The van der Waals surface area contributed by atoms with Crippen molar-refractivity contribution < 1.29 is 4.74 Å². The smallest absolute Gasteiger partial charge is 0.157 e. The van der Waals surface area contributed by atoms with Crippen LogP contribution in [0.2, 0.25) is 0 Å². The van der Waals surface area contributed by atoms with Crippen LogP contribution in [0.1, 0.15) is 12.8 Å². The highest BCUT2D eigenvalue weighted by Gasteiger charge is 2.25. The highest BCUT2D eigenvalue weighted by atomic mass is 16.5. The summed E-state index contributed by atoms with van der Waals surface area (Å²) >= 11 is 0. The molecule has 0 unspecified atom stereocenters. The first-order valence-corrected chi connectivity index (χ1v) is 9.03. The molecule has 3 aromatic heterocycles. The number of nitrogens with one attached hydrogen (secondary N) is 1. The van der Waals surface area contributed by atoms with Gasteiger partial charge in [0.1, 0.15) is 5.69 Å².